The highest BCUT2D eigenvalue weighted by atomic mass is 19.4. The van der Waals surface area contributed by atoms with Gasteiger partial charge in [0.1, 0.15) is 0 Å². The zero-order valence-electron chi connectivity index (χ0n) is 14.6. The van der Waals surface area contributed by atoms with Crippen LogP contribution in [0.4, 0.5) is 26.3 Å². The van der Waals surface area contributed by atoms with E-state index in [1.165, 1.54) is 30.3 Å². The molecule has 1 aliphatic carbocycles. The molecule has 0 aliphatic heterocycles. The Morgan fingerprint density at radius 3 is 2.18 bits per heavy atom. The van der Waals surface area contributed by atoms with Crippen molar-refractivity contribution in [3.8, 4) is 0 Å². The Labute approximate surface area is 157 Å². The number of amides is 1. The molecule has 8 heteroatoms. The summed E-state index contributed by atoms with van der Waals surface area (Å²) in [6.45, 7) is 0.203. The fraction of sp³-hybridized carbons (Fsp3) is 0.350. The molecule has 1 aliphatic rings. The standard InChI is InChI=1S/C20H17F6NO/c21-19(22,23)13-7-5-12(6-8-13)9-10-27-18(28)16-11-15(16)14-3-1-2-4-17(14)20(24,25)26/h1-8,15-16H,9-11H2,(H,27,28). The highest BCUT2D eigenvalue weighted by Gasteiger charge is 2.47. The number of hydrogen-bond donors (Lipinski definition) is 1. The molecule has 1 amide bonds. The summed E-state index contributed by atoms with van der Waals surface area (Å²) in [5, 5.41) is 2.65. The van der Waals surface area contributed by atoms with Crippen molar-refractivity contribution in [3.05, 3.63) is 70.8 Å². The molecule has 1 N–H and O–H groups in total. The molecule has 2 nitrogen and oxygen atoms in total. The van der Waals surface area contributed by atoms with Crippen LogP contribution >= 0.6 is 0 Å². The summed E-state index contributed by atoms with van der Waals surface area (Å²) in [5.74, 6) is -1.33. The third-order valence-electron chi connectivity index (χ3n) is 4.79. The first kappa shape index (κ1) is 20.2. The van der Waals surface area contributed by atoms with E-state index in [9.17, 15) is 31.1 Å². The highest BCUT2D eigenvalue weighted by Crippen LogP contribution is 2.51. The molecule has 150 valence electrons. The Bertz CT molecular complexity index is 841. The summed E-state index contributed by atoms with van der Waals surface area (Å²) in [5.41, 5.74) is -0.717. The molecule has 2 atom stereocenters. The number of benzene rings is 2. The Balaban J connectivity index is 1.53. The topological polar surface area (TPSA) is 29.1 Å². The van der Waals surface area contributed by atoms with Crippen LogP contribution in [0.25, 0.3) is 0 Å². The zero-order chi connectivity index (χ0) is 20.5. The van der Waals surface area contributed by atoms with E-state index in [0.29, 0.717) is 18.4 Å². The molecule has 0 bridgehead atoms. The molecule has 1 saturated carbocycles. The lowest BCUT2D eigenvalue weighted by Crippen LogP contribution is -2.27. The summed E-state index contributed by atoms with van der Waals surface area (Å²) in [4.78, 5) is 12.2. The smallest absolute Gasteiger partial charge is 0.356 e. The van der Waals surface area contributed by atoms with Crippen molar-refractivity contribution < 1.29 is 31.1 Å². The average molecular weight is 401 g/mol. The first-order valence-electron chi connectivity index (χ1n) is 8.67. The predicted octanol–water partition coefficient (Wildman–Crippen LogP) is 5.19. The minimum atomic E-state index is -4.47. The van der Waals surface area contributed by atoms with Gasteiger partial charge in [0, 0.05) is 12.5 Å². The number of carbonyl (C=O) groups excluding carboxylic acids is 1. The monoisotopic (exact) mass is 401 g/mol. The quantitative estimate of drug-likeness (QED) is 0.687. The molecule has 0 spiro atoms. The lowest BCUT2D eigenvalue weighted by atomic mass is 10.0. The molecule has 2 aromatic rings. The van der Waals surface area contributed by atoms with Gasteiger partial charge in [-0.2, -0.15) is 26.3 Å². The van der Waals surface area contributed by atoms with Crippen molar-refractivity contribution in [1.29, 1.82) is 0 Å². The third kappa shape index (κ3) is 4.66. The first-order valence-corrected chi connectivity index (χ1v) is 8.67. The van der Waals surface area contributed by atoms with Crippen LogP contribution in [-0.2, 0) is 23.6 Å². The third-order valence-corrected chi connectivity index (χ3v) is 4.79. The minimum absolute atomic E-state index is 0.123. The number of rotatable bonds is 5. The number of carbonyl (C=O) groups is 1. The summed E-state index contributed by atoms with van der Waals surface area (Å²) in [7, 11) is 0. The van der Waals surface area contributed by atoms with Gasteiger partial charge in [0.15, 0.2) is 0 Å². The lowest BCUT2D eigenvalue weighted by Gasteiger charge is -2.12. The van der Waals surface area contributed by atoms with Crippen molar-refractivity contribution in [2.75, 3.05) is 6.54 Å². The van der Waals surface area contributed by atoms with Gasteiger partial charge in [0.2, 0.25) is 5.91 Å². The van der Waals surface area contributed by atoms with Crippen LogP contribution in [0.15, 0.2) is 48.5 Å². The summed E-state index contributed by atoms with van der Waals surface area (Å²) < 4.78 is 76.8. The number of halogens is 6. The van der Waals surface area contributed by atoms with Crippen LogP contribution in [0.2, 0.25) is 0 Å². The second-order valence-corrected chi connectivity index (χ2v) is 6.77. The molecule has 28 heavy (non-hydrogen) atoms. The fourth-order valence-electron chi connectivity index (χ4n) is 3.23. The fourth-order valence-corrected chi connectivity index (χ4v) is 3.23. The van der Waals surface area contributed by atoms with Crippen LogP contribution in [0, 0.1) is 5.92 Å². The molecule has 1 fully saturated rings. The van der Waals surface area contributed by atoms with Crippen LogP contribution in [0.3, 0.4) is 0 Å². The Hall–Kier alpha value is -2.51. The van der Waals surface area contributed by atoms with Gasteiger partial charge in [0.05, 0.1) is 11.1 Å². The maximum Gasteiger partial charge on any atom is 0.416 e. The lowest BCUT2D eigenvalue weighted by molar-refractivity contribution is -0.138. The van der Waals surface area contributed by atoms with Gasteiger partial charge in [-0.3, -0.25) is 4.79 Å². The minimum Gasteiger partial charge on any atom is -0.356 e. The Morgan fingerprint density at radius 1 is 0.929 bits per heavy atom. The van der Waals surface area contributed by atoms with Crippen molar-refractivity contribution >= 4 is 5.91 Å². The van der Waals surface area contributed by atoms with Gasteiger partial charge in [-0.05, 0) is 48.1 Å². The van der Waals surface area contributed by atoms with E-state index in [2.05, 4.69) is 5.32 Å². The van der Waals surface area contributed by atoms with Crippen LogP contribution in [0.1, 0.15) is 34.6 Å². The molecule has 2 unspecified atom stereocenters. The molecule has 3 rings (SSSR count). The molecule has 0 heterocycles. The van der Waals surface area contributed by atoms with Gasteiger partial charge in [0.25, 0.3) is 0 Å². The van der Waals surface area contributed by atoms with Crippen LogP contribution < -0.4 is 5.32 Å². The second-order valence-electron chi connectivity index (χ2n) is 6.77. The maximum absolute atomic E-state index is 13.1. The van der Waals surface area contributed by atoms with Crippen LogP contribution in [-0.4, -0.2) is 12.5 Å². The van der Waals surface area contributed by atoms with Gasteiger partial charge < -0.3 is 5.32 Å². The average Bonchev–Trinajstić information content (AvgIpc) is 3.41. The number of nitrogens with one attached hydrogen (secondary N) is 1. The molecule has 2 aromatic carbocycles. The van der Waals surface area contributed by atoms with E-state index in [-0.39, 0.29) is 18.0 Å². The Kier molecular flexibility index (Phi) is 5.41. The van der Waals surface area contributed by atoms with E-state index >= 15 is 0 Å². The van der Waals surface area contributed by atoms with E-state index in [1.807, 2.05) is 0 Å². The summed E-state index contributed by atoms with van der Waals surface area (Å²) in [6, 6.07) is 9.86. The van der Waals surface area contributed by atoms with Crippen molar-refractivity contribution in [2.24, 2.45) is 5.92 Å². The highest BCUT2D eigenvalue weighted by molar-refractivity contribution is 5.83. The number of alkyl halides is 6. The van der Waals surface area contributed by atoms with Crippen molar-refractivity contribution in [3.63, 3.8) is 0 Å². The normalized spacial score (nSPS) is 19.4. The first-order chi connectivity index (χ1) is 13.1. The Morgan fingerprint density at radius 2 is 1.57 bits per heavy atom. The van der Waals surface area contributed by atoms with Crippen molar-refractivity contribution in [1.82, 2.24) is 5.32 Å². The van der Waals surface area contributed by atoms with Gasteiger partial charge >= 0.3 is 12.4 Å². The number of hydrogen-bond acceptors (Lipinski definition) is 1. The van der Waals surface area contributed by atoms with Gasteiger partial charge in [-0.25, -0.2) is 0 Å². The van der Waals surface area contributed by atoms with Crippen molar-refractivity contribution in [2.45, 2.75) is 31.1 Å². The molecule has 0 saturated heterocycles. The van der Waals surface area contributed by atoms with E-state index in [0.717, 1.165) is 18.2 Å². The van der Waals surface area contributed by atoms with E-state index < -0.39 is 35.3 Å². The SMILES string of the molecule is O=C(NCCc1ccc(C(F)(F)F)cc1)C1CC1c1ccccc1C(F)(F)F. The summed E-state index contributed by atoms with van der Waals surface area (Å²) in [6.07, 6.45) is -8.19. The van der Waals surface area contributed by atoms with Gasteiger partial charge in [-0.1, -0.05) is 30.3 Å². The zero-order valence-corrected chi connectivity index (χ0v) is 14.6. The summed E-state index contributed by atoms with van der Waals surface area (Å²) >= 11 is 0. The molecule has 0 aromatic heterocycles. The van der Waals surface area contributed by atoms with E-state index in [4.69, 9.17) is 0 Å². The van der Waals surface area contributed by atoms with E-state index in [1.54, 1.807) is 0 Å². The predicted molar refractivity (Wildman–Crippen MR) is 90.4 cm³/mol. The second kappa shape index (κ2) is 7.48. The maximum atomic E-state index is 13.1. The molecular formula is C20H17F6NO. The van der Waals surface area contributed by atoms with Crippen LogP contribution in [0.5, 0.6) is 0 Å². The molecule has 0 radical (unpaired) electrons. The molecular weight excluding hydrogens is 384 g/mol. The van der Waals surface area contributed by atoms with Gasteiger partial charge in [-0.15, -0.1) is 0 Å². The largest absolute Gasteiger partial charge is 0.416 e.